The summed E-state index contributed by atoms with van der Waals surface area (Å²) in [4.78, 5) is 11.3. The van der Waals surface area contributed by atoms with Gasteiger partial charge in [0, 0.05) is 6.42 Å². The van der Waals surface area contributed by atoms with Crippen molar-refractivity contribution in [3.63, 3.8) is 0 Å². The topological polar surface area (TPSA) is 55.1 Å². The van der Waals surface area contributed by atoms with Crippen LogP contribution in [0.5, 0.6) is 0 Å². The van der Waals surface area contributed by atoms with Gasteiger partial charge in [-0.2, -0.15) is 0 Å². The number of benzene rings is 1. The lowest BCUT2D eigenvalue weighted by Crippen LogP contribution is -2.11. The van der Waals surface area contributed by atoms with Crippen LogP contribution in [0, 0.1) is 0 Å². The molecule has 0 heterocycles. The van der Waals surface area contributed by atoms with Crippen molar-refractivity contribution in [2.75, 3.05) is 11.1 Å². The molecule has 0 saturated heterocycles. The van der Waals surface area contributed by atoms with E-state index in [2.05, 4.69) is 5.32 Å². The highest BCUT2D eigenvalue weighted by atomic mass is 16.1. The van der Waals surface area contributed by atoms with Crippen LogP contribution in [0.25, 0.3) is 0 Å². The van der Waals surface area contributed by atoms with Gasteiger partial charge < -0.3 is 11.1 Å². The monoisotopic (exact) mass is 190 g/mol. The summed E-state index contributed by atoms with van der Waals surface area (Å²) in [5.41, 5.74) is 6.92. The Morgan fingerprint density at radius 1 is 1.50 bits per heavy atom. The number of amides is 1. The van der Waals surface area contributed by atoms with Gasteiger partial charge >= 0.3 is 0 Å². The van der Waals surface area contributed by atoms with Gasteiger partial charge in [-0.1, -0.05) is 24.3 Å². The van der Waals surface area contributed by atoms with Gasteiger partial charge in [-0.25, -0.2) is 0 Å². The fraction of sp³-hybridized carbons (Fsp3) is 0.182. The minimum absolute atomic E-state index is 0.0546. The summed E-state index contributed by atoms with van der Waals surface area (Å²) in [7, 11) is 0. The molecule has 0 saturated carbocycles. The molecule has 1 aromatic rings. The number of nitrogens with one attached hydrogen (secondary N) is 1. The second-order valence-corrected chi connectivity index (χ2v) is 2.91. The lowest BCUT2D eigenvalue weighted by molar-refractivity contribution is -0.115. The number of allylic oxidation sites excluding steroid dienone is 1. The summed E-state index contributed by atoms with van der Waals surface area (Å²) in [5, 5.41) is 2.73. The van der Waals surface area contributed by atoms with Crippen LogP contribution in [0.1, 0.15) is 13.3 Å². The normalized spacial score (nSPS) is 10.4. The molecule has 0 radical (unpaired) electrons. The Hall–Kier alpha value is -1.77. The molecule has 3 heteroatoms. The molecule has 1 aromatic carbocycles. The molecule has 0 aliphatic rings. The second-order valence-electron chi connectivity index (χ2n) is 2.91. The van der Waals surface area contributed by atoms with Crippen molar-refractivity contribution < 1.29 is 4.79 Å². The SMILES string of the molecule is CC=CCC(=O)Nc1ccccc1N. The van der Waals surface area contributed by atoms with Crippen LogP contribution >= 0.6 is 0 Å². The summed E-state index contributed by atoms with van der Waals surface area (Å²) in [6.45, 7) is 1.88. The summed E-state index contributed by atoms with van der Waals surface area (Å²) >= 11 is 0. The molecule has 0 unspecified atom stereocenters. The number of para-hydroxylation sites is 2. The predicted octanol–water partition coefficient (Wildman–Crippen LogP) is 2.17. The number of carbonyl (C=O) groups is 1. The quantitative estimate of drug-likeness (QED) is 0.567. The lowest BCUT2D eigenvalue weighted by atomic mass is 10.2. The molecular formula is C11H14N2O. The van der Waals surface area contributed by atoms with Crippen LogP contribution in [-0.4, -0.2) is 5.91 Å². The van der Waals surface area contributed by atoms with Gasteiger partial charge in [-0.05, 0) is 19.1 Å². The van der Waals surface area contributed by atoms with Crippen LogP contribution in [0.4, 0.5) is 11.4 Å². The Balaban J connectivity index is 2.60. The first-order valence-corrected chi connectivity index (χ1v) is 4.49. The summed E-state index contributed by atoms with van der Waals surface area (Å²) in [6.07, 6.45) is 4.02. The fourth-order valence-electron chi connectivity index (χ4n) is 1.04. The number of hydrogen-bond acceptors (Lipinski definition) is 2. The number of hydrogen-bond donors (Lipinski definition) is 2. The summed E-state index contributed by atoms with van der Waals surface area (Å²) < 4.78 is 0. The molecule has 0 atom stereocenters. The molecule has 74 valence electrons. The van der Waals surface area contributed by atoms with E-state index in [-0.39, 0.29) is 5.91 Å². The lowest BCUT2D eigenvalue weighted by Gasteiger charge is -2.05. The van der Waals surface area contributed by atoms with Gasteiger partial charge in [-0.3, -0.25) is 4.79 Å². The zero-order chi connectivity index (χ0) is 10.4. The van der Waals surface area contributed by atoms with E-state index < -0.39 is 0 Å². The average Bonchev–Trinajstić information content (AvgIpc) is 2.18. The summed E-state index contributed by atoms with van der Waals surface area (Å²) in [6, 6.07) is 7.20. The summed E-state index contributed by atoms with van der Waals surface area (Å²) in [5.74, 6) is -0.0546. The number of nitrogen functional groups attached to an aromatic ring is 1. The Morgan fingerprint density at radius 3 is 2.86 bits per heavy atom. The van der Waals surface area contributed by atoms with E-state index in [0.717, 1.165) is 0 Å². The highest BCUT2D eigenvalue weighted by Crippen LogP contribution is 2.16. The minimum Gasteiger partial charge on any atom is -0.397 e. The fourth-order valence-corrected chi connectivity index (χ4v) is 1.04. The van der Waals surface area contributed by atoms with E-state index in [1.165, 1.54) is 0 Å². The second kappa shape index (κ2) is 5.07. The molecule has 14 heavy (non-hydrogen) atoms. The van der Waals surface area contributed by atoms with Crippen molar-refractivity contribution in [1.29, 1.82) is 0 Å². The molecule has 0 aromatic heterocycles. The number of anilines is 2. The third-order valence-corrected chi connectivity index (χ3v) is 1.77. The van der Waals surface area contributed by atoms with E-state index in [1.54, 1.807) is 18.2 Å². The first kappa shape index (κ1) is 10.3. The third kappa shape index (κ3) is 2.94. The van der Waals surface area contributed by atoms with Gasteiger partial charge in [0.2, 0.25) is 5.91 Å². The van der Waals surface area contributed by atoms with Crippen molar-refractivity contribution in [2.45, 2.75) is 13.3 Å². The van der Waals surface area contributed by atoms with Gasteiger partial charge in [0.15, 0.2) is 0 Å². The van der Waals surface area contributed by atoms with Crippen LogP contribution in [-0.2, 0) is 4.79 Å². The first-order chi connectivity index (χ1) is 6.74. The molecule has 0 aliphatic carbocycles. The Bertz CT molecular complexity index is 345. The van der Waals surface area contributed by atoms with Crippen molar-refractivity contribution in [3.05, 3.63) is 36.4 Å². The number of rotatable bonds is 3. The smallest absolute Gasteiger partial charge is 0.228 e. The van der Waals surface area contributed by atoms with Crippen molar-refractivity contribution >= 4 is 17.3 Å². The first-order valence-electron chi connectivity index (χ1n) is 4.49. The highest BCUT2D eigenvalue weighted by molar-refractivity contribution is 5.94. The van der Waals surface area contributed by atoms with Crippen molar-refractivity contribution in [2.24, 2.45) is 0 Å². The minimum atomic E-state index is -0.0546. The van der Waals surface area contributed by atoms with Gasteiger partial charge in [0.25, 0.3) is 0 Å². The Labute approximate surface area is 83.6 Å². The molecule has 0 bridgehead atoms. The standard InChI is InChI=1S/C11H14N2O/c1-2-3-8-11(14)13-10-7-5-4-6-9(10)12/h2-7H,8,12H2,1H3,(H,13,14). The van der Waals surface area contributed by atoms with E-state index in [4.69, 9.17) is 5.73 Å². The highest BCUT2D eigenvalue weighted by Gasteiger charge is 2.01. The maximum absolute atomic E-state index is 11.3. The maximum atomic E-state index is 11.3. The Kier molecular flexibility index (Phi) is 3.73. The molecular weight excluding hydrogens is 176 g/mol. The third-order valence-electron chi connectivity index (χ3n) is 1.77. The zero-order valence-electron chi connectivity index (χ0n) is 8.16. The molecule has 0 spiro atoms. The van der Waals surface area contributed by atoms with E-state index in [1.807, 2.05) is 25.1 Å². The van der Waals surface area contributed by atoms with Crippen LogP contribution in [0.3, 0.4) is 0 Å². The van der Waals surface area contributed by atoms with E-state index in [9.17, 15) is 4.79 Å². The van der Waals surface area contributed by atoms with Gasteiger partial charge in [0.1, 0.15) is 0 Å². The molecule has 1 amide bonds. The molecule has 3 nitrogen and oxygen atoms in total. The van der Waals surface area contributed by atoms with Gasteiger partial charge in [0.05, 0.1) is 11.4 Å². The maximum Gasteiger partial charge on any atom is 0.228 e. The van der Waals surface area contributed by atoms with Crippen molar-refractivity contribution in [1.82, 2.24) is 0 Å². The molecule has 3 N–H and O–H groups in total. The van der Waals surface area contributed by atoms with E-state index in [0.29, 0.717) is 17.8 Å². The molecule has 0 fully saturated rings. The van der Waals surface area contributed by atoms with Crippen molar-refractivity contribution in [3.8, 4) is 0 Å². The predicted molar refractivity (Wildman–Crippen MR) is 58.9 cm³/mol. The Morgan fingerprint density at radius 2 is 2.21 bits per heavy atom. The van der Waals surface area contributed by atoms with Crippen LogP contribution in [0.15, 0.2) is 36.4 Å². The number of nitrogens with two attached hydrogens (primary N) is 1. The molecule has 0 aliphatic heterocycles. The van der Waals surface area contributed by atoms with Gasteiger partial charge in [-0.15, -0.1) is 0 Å². The van der Waals surface area contributed by atoms with Crippen LogP contribution in [0.2, 0.25) is 0 Å². The number of carbonyl (C=O) groups excluding carboxylic acids is 1. The largest absolute Gasteiger partial charge is 0.397 e. The zero-order valence-corrected chi connectivity index (χ0v) is 8.16. The molecule has 1 rings (SSSR count). The average molecular weight is 190 g/mol. The van der Waals surface area contributed by atoms with E-state index >= 15 is 0 Å². The van der Waals surface area contributed by atoms with Crippen LogP contribution < -0.4 is 11.1 Å².